The van der Waals surface area contributed by atoms with Gasteiger partial charge in [0.2, 0.25) is 0 Å². The van der Waals surface area contributed by atoms with Crippen LogP contribution in [0.4, 0.5) is 0 Å². The van der Waals surface area contributed by atoms with E-state index in [1.165, 1.54) is 18.4 Å². The molecule has 0 saturated carbocycles. The second-order valence-corrected chi connectivity index (χ2v) is 10.4. The molecule has 0 bridgehead atoms. The molecule has 0 aliphatic rings. The Balaban J connectivity index is 1.32. The van der Waals surface area contributed by atoms with Crippen molar-refractivity contribution >= 4 is 22.8 Å². The first-order valence-corrected chi connectivity index (χ1v) is 14.3. The number of carbonyl (C=O) groups is 2. The van der Waals surface area contributed by atoms with Crippen LogP contribution in [-0.2, 0) is 24.3 Å². The van der Waals surface area contributed by atoms with Crippen molar-refractivity contribution in [3.63, 3.8) is 0 Å². The van der Waals surface area contributed by atoms with Crippen molar-refractivity contribution in [2.45, 2.75) is 39.3 Å². The molecule has 0 spiro atoms. The minimum absolute atomic E-state index is 0.199. The average Bonchev–Trinajstić information content (AvgIpc) is 3.47. The van der Waals surface area contributed by atoms with Crippen LogP contribution in [0.3, 0.4) is 0 Å². The topological polar surface area (TPSA) is 95.5 Å². The Kier molecular flexibility index (Phi) is 9.50. The Hall–Kier alpha value is -5.35. The first-order chi connectivity index (χ1) is 21.0. The van der Waals surface area contributed by atoms with Gasteiger partial charge in [0, 0.05) is 29.6 Å². The van der Waals surface area contributed by atoms with Crippen LogP contribution < -0.4 is 4.74 Å². The zero-order valence-electron chi connectivity index (χ0n) is 24.0. The molecule has 0 atom stereocenters. The van der Waals surface area contributed by atoms with Crippen LogP contribution in [0.1, 0.15) is 58.1 Å². The van der Waals surface area contributed by atoms with E-state index in [4.69, 9.17) is 9.84 Å². The molecule has 0 aliphatic carbocycles. The highest BCUT2D eigenvalue weighted by molar-refractivity contribution is 6.04. The molecule has 2 N–H and O–H groups in total. The second kappa shape index (κ2) is 14.0. The summed E-state index contributed by atoms with van der Waals surface area (Å²) in [7, 11) is 0. The maximum Gasteiger partial charge on any atom is 0.341 e. The van der Waals surface area contributed by atoms with Gasteiger partial charge in [-0.2, -0.15) is 5.10 Å². The van der Waals surface area contributed by atoms with Gasteiger partial charge in [0.1, 0.15) is 5.75 Å². The first kappa shape index (κ1) is 29.2. The largest absolute Gasteiger partial charge is 0.482 e. The molecule has 4 aromatic carbocycles. The molecular weight excluding hydrogens is 538 g/mol. The van der Waals surface area contributed by atoms with Gasteiger partial charge >= 0.3 is 5.97 Å². The molecule has 1 heterocycles. The minimum atomic E-state index is -1.04. The van der Waals surface area contributed by atoms with Crippen LogP contribution in [0.15, 0.2) is 97.1 Å². The molecule has 0 unspecified atom stereocenters. The first-order valence-electron chi connectivity index (χ1n) is 14.3. The third-order valence-corrected chi connectivity index (χ3v) is 7.07. The number of para-hydroxylation sites is 1. The number of nitrogens with one attached hydrogen (secondary N) is 1. The number of rotatable bonds is 11. The van der Waals surface area contributed by atoms with E-state index < -0.39 is 12.6 Å². The molecule has 0 saturated heterocycles. The summed E-state index contributed by atoms with van der Waals surface area (Å²) in [5.74, 6) is 5.69. The number of aromatic nitrogens is 2. The van der Waals surface area contributed by atoms with Crippen LogP contribution in [0, 0.1) is 11.8 Å². The number of ether oxygens (including phenoxy) is 1. The highest BCUT2D eigenvalue weighted by Crippen LogP contribution is 2.21. The van der Waals surface area contributed by atoms with Gasteiger partial charge in [-0.3, -0.25) is 9.89 Å². The zero-order chi connectivity index (χ0) is 30.0. The van der Waals surface area contributed by atoms with E-state index >= 15 is 0 Å². The van der Waals surface area contributed by atoms with Gasteiger partial charge in [-0.25, -0.2) is 4.79 Å². The molecule has 7 heteroatoms. The SMILES string of the molecule is CCCCc1ccc(C#Cc2ccc(CN(Cc3ccc(OCC(=O)O)cc3)C(=O)c3n[nH]c4ccccc34)cc2)cc1. The highest BCUT2D eigenvalue weighted by atomic mass is 16.5. The van der Waals surface area contributed by atoms with Gasteiger partial charge in [0.25, 0.3) is 5.91 Å². The number of hydrogen-bond acceptors (Lipinski definition) is 4. The number of carbonyl (C=O) groups excluding carboxylic acids is 1. The summed E-state index contributed by atoms with van der Waals surface area (Å²) in [6.07, 6.45) is 3.46. The van der Waals surface area contributed by atoms with E-state index in [0.717, 1.165) is 39.6 Å². The van der Waals surface area contributed by atoms with Crippen LogP contribution in [0.25, 0.3) is 10.9 Å². The summed E-state index contributed by atoms with van der Waals surface area (Å²) >= 11 is 0. The summed E-state index contributed by atoms with van der Waals surface area (Å²) in [5, 5.41) is 16.9. The Labute approximate surface area is 251 Å². The Bertz CT molecular complexity index is 1750. The minimum Gasteiger partial charge on any atom is -0.482 e. The predicted molar refractivity (Wildman–Crippen MR) is 167 cm³/mol. The van der Waals surface area contributed by atoms with E-state index in [2.05, 4.69) is 53.2 Å². The fourth-order valence-electron chi connectivity index (χ4n) is 4.73. The molecule has 43 heavy (non-hydrogen) atoms. The third kappa shape index (κ3) is 7.90. The zero-order valence-corrected chi connectivity index (χ0v) is 24.0. The van der Waals surface area contributed by atoms with Gasteiger partial charge in [0.15, 0.2) is 12.3 Å². The maximum absolute atomic E-state index is 13.8. The average molecular weight is 572 g/mol. The summed E-state index contributed by atoms with van der Waals surface area (Å²) < 4.78 is 5.25. The molecule has 5 aromatic rings. The second-order valence-electron chi connectivity index (χ2n) is 10.4. The summed E-state index contributed by atoms with van der Waals surface area (Å²) in [6, 6.07) is 31.0. The number of fused-ring (bicyclic) bond motifs is 1. The number of carboxylic acids is 1. The lowest BCUT2D eigenvalue weighted by Crippen LogP contribution is -2.30. The number of H-pyrrole nitrogens is 1. The number of aliphatic carboxylic acids is 1. The number of aromatic amines is 1. The van der Waals surface area contributed by atoms with E-state index in [-0.39, 0.29) is 5.91 Å². The smallest absolute Gasteiger partial charge is 0.341 e. The van der Waals surface area contributed by atoms with Crippen molar-refractivity contribution in [1.29, 1.82) is 0 Å². The number of carboxylic acid groups (broad SMARTS) is 1. The lowest BCUT2D eigenvalue weighted by Gasteiger charge is -2.22. The number of benzene rings is 4. The van der Waals surface area contributed by atoms with E-state index in [9.17, 15) is 9.59 Å². The van der Waals surface area contributed by atoms with Gasteiger partial charge in [0.05, 0.1) is 5.52 Å². The number of unbranched alkanes of at least 4 members (excludes halogenated alkanes) is 1. The monoisotopic (exact) mass is 571 g/mol. The van der Waals surface area contributed by atoms with E-state index in [0.29, 0.717) is 24.5 Å². The highest BCUT2D eigenvalue weighted by Gasteiger charge is 2.22. The fourth-order valence-corrected chi connectivity index (χ4v) is 4.73. The van der Waals surface area contributed by atoms with Crippen molar-refractivity contribution < 1.29 is 19.4 Å². The summed E-state index contributed by atoms with van der Waals surface area (Å²) in [6.45, 7) is 2.48. The molecule has 0 aliphatic heterocycles. The van der Waals surface area contributed by atoms with Gasteiger partial charge in [-0.15, -0.1) is 0 Å². The van der Waals surface area contributed by atoms with Gasteiger partial charge in [-0.1, -0.05) is 79.8 Å². The van der Waals surface area contributed by atoms with Crippen molar-refractivity contribution in [1.82, 2.24) is 15.1 Å². The van der Waals surface area contributed by atoms with E-state index in [1.54, 1.807) is 17.0 Å². The Morgan fingerprint density at radius 1 is 0.814 bits per heavy atom. The van der Waals surface area contributed by atoms with Crippen LogP contribution in [-0.4, -0.2) is 38.7 Å². The quantitative estimate of drug-likeness (QED) is 0.174. The molecule has 1 aromatic heterocycles. The maximum atomic E-state index is 13.8. The normalized spacial score (nSPS) is 10.6. The molecule has 5 rings (SSSR count). The molecule has 7 nitrogen and oxygen atoms in total. The number of hydrogen-bond donors (Lipinski definition) is 2. The third-order valence-electron chi connectivity index (χ3n) is 7.07. The van der Waals surface area contributed by atoms with Gasteiger partial charge in [-0.05, 0) is 72.0 Å². The predicted octanol–water partition coefficient (Wildman–Crippen LogP) is 6.61. The Morgan fingerprint density at radius 2 is 1.40 bits per heavy atom. The van der Waals surface area contributed by atoms with Crippen molar-refractivity contribution in [2.24, 2.45) is 0 Å². The summed E-state index contributed by atoms with van der Waals surface area (Å²) in [4.78, 5) is 26.4. The van der Waals surface area contributed by atoms with Crippen molar-refractivity contribution in [2.75, 3.05) is 6.61 Å². The molecular formula is C36H33N3O4. The van der Waals surface area contributed by atoms with E-state index in [1.807, 2.05) is 60.7 Å². The van der Waals surface area contributed by atoms with Crippen LogP contribution >= 0.6 is 0 Å². The fraction of sp³-hybridized carbons (Fsp3) is 0.194. The standard InChI is InChI=1S/C36H33N3O4/c1-2-3-6-26-9-11-27(12-10-26)13-14-28-15-17-29(18-16-28)23-39(24-30-19-21-31(22-20-30)43-25-34(40)41)36(42)35-32-7-4-5-8-33(32)37-38-35/h4-5,7-12,15-22H,2-3,6,23-25H2,1H3,(H,37,38)(H,40,41). The molecule has 0 fully saturated rings. The summed E-state index contributed by atoms with van der Waals surface area (Å²) in [5.41, 5.74) is 6.20. The molecule has 216 valence electrons. The lowest BCUT2D eigenvalue weighted by molar-refractivity contribution is -0.139. The molecule has 1 amide bonds. The number of aryl methyl sites for hydroxylation is 1. The van der Waals surface area contributed by atoms with Gasteiger partial charge < -0.3 is 14.7 Å². The van der Waals surface area contributed by atoms with Crippen molar-refractivity contribution in [3.8, 4) is 17.6 Å². The number of nitrogens with zero attached hydrogens (tertiary/aromatic N) is 2. The van der Waals surface area contributed by atoms with Crippen LogP contribution in [0.2, 0.25) is 0 Å². The van der Waals surface area contributed by atoms with Crippen LogP contribution in [0.5, 0.6) is 5.75 Å². The lowest BCUT2D eigenvalue weighted by atomic mass is 10.1. The van der Waals surface area contributed by atoms with Crippen molar-refractivity contribution in [3.05, 3.63) is 131 Å². The molecule has 0 radical (unpaired) electrons. The number of amides is 1. The Morgan fingerprint density at radius 3 is 2.00 bits per heavy atom.